The van der Waals surface area contributed by atoms with Crippen LogP contribution >= 0.6 is 0 Å². The molecule has 31 heavy (non-hydrogen) atoms. The molecule has 2 aliphatic rings. The number of nitrogens with one attached hydrogen (secondary N) is 1. The average Bonchev–Trinajstić information content (AvgIpc) is 3.04. The zero-order valence-electron chi connectivity index (χ0n) is 19.0. The van der Waals surface area contributed by atoms with Crippen molar-refractivity contribution in [3.8, 4) is 0 Å². The Hall–Kier alpha value is -2.60. The third kappa shape index (κ3) is 6.20. The average molecular weight is 421 g/mol. The van der Waals surface area contributed by atoms with Gasteiger partial charge in [0.15, 0.2) is 0 Å². The largest absolute Gasteiger partial charge is 0.378 e. The number of anilines is 3. The molecule has 6 nitrogen and oxygen atoms in total. The molecule has 0 radical (unpaired) electrons. The Morgan fingerprint density at radius 3 is 2.55 bits per heavy atom. The summed E-state index contributed by atoms with van der Waals surface area (Å²) in [6.45, 7) is 5.33. The van der Waals surface area contributed by atoms with E-state index in [1.807, 2.05) is 12.3 Å². The van der Waals surface area contributed by atoms with Gasteiger partial charge in [0.2, 0.25) is 5.95 Å². The molecule has 0 bridgehead atoms. The fraction of sp³-hybridized carbons (Fsp3) is 0.520. The van der Waals surface area contributed by atoms with Crippen LogP contribution in [0.2, 0.25) is 0 Å². The molecular formula is C25H36N6. The summed E-state index contributed by atoms with van der Waals surface area (Å²) in [5.74, 6) is 1.84. The highest BCUT2D eigenvalue weighted by atomic mass is 15.3. The van der Waals surface area contributed by atoms with Gasteiger partial charge in [-0.25, -0.2) is 4.98 Å². The lowest BCUT2D eigenvalue weighted by Crippen LogP contribution is -2.28. The van der Waals surface area contributed by atoms with Crippen molar-refractivity contribution in [2.45, 2.75) is 38.1 Å². The Kier molecular flexibility index (Phi) is 7.41. The maximum absolute atomic E-state index is 4.82. The molecule has 166 valence electrons. The van der Waals surface area contributed by atoms with Crippen LogP contribution in [0.4, 0.5) is 17.5 Å². The Morgan fingerprint density at radius 1 is 1.03 bits per heavy atom. The highest BCUT2D eigenvalue weighted by Gasteiger charge is 2.22. The van der Waals surface area contributed by atoms with E-state index < -0.39 is 0 Å². The molecule has 1 unspecified atom stereocenters. The van der Waals surface area contributed by atoms with Gasteiger partial charge >= 0.3 is 0 Å². The minimum Gasteiger partial charge on any atom is -0.378 e. The molecule has 3 heterocycles. The Balaban J connectivity index is 1.26. The smallest absolute Gasteiger partial charge is 0.224 e. The third-order valence-electron chi connectivity index (χ3n) is 6.26. The van der Waals surface area contributed by atoms with Crippen LogP contribution < -0.4 is 15.1 Å². The molecular weight excluding hydrogens is 384 g/mol. The van der Waals surface area contributed by atoms with Gasteiger partial charge in [0.25, 0.3) is 0 Å². The number of likely N-dealkylation sites (tertiary alicyclic amines) is 1. The van der Waals surface area contributed by atoms with Crippen LogP contribution in [0.25, 0.3) is 6.08 Å². The Morgan fingerprint density at radius 2 is 1.81 bits per heavy atom. The summed E-state index contributed by atoms with van der Waals surface area (Å²) in [7, 11) is 4.14. The minimum absolute atomic E-state index is 0.409. The lowest BCUT2D eigenvalue weighted by molar-refractivity contribution is 0.374. The van der Waals surface area contributed by atoms with E-state index >= 15 is 0 Å². The van der Waals surface area contributed by atoms with Crippen molar-refractivity contribution in [2.24, 2.45) is 0 Å². The molecule has 1 aromatic carbocycles. The van der Waals surface area contributed by atoms with Crippen LogP contribution in [0.5, 0.6) is 0 Å². The molecule has 2 saturated heterocycles. The molecule has 0 aliphatic carbocycles. The first-order chi connectivity index (χ1) is 15.2. The Labute approximate surface area is 187 Å². The fourth-order valence-electron chi connectivity index (χ4n) is 4.41. The number of hydrogen-bond donors (Lipinski definition) is 1. The highest BCUT2D eigenvalue weighted by molar-refractivity contribution is 5.55. The molecule has 2 aliphatic heterocycles. The second-order valence-electron chi connectivity index (χ2n) is 8.92. The van der Waals surface area contributed by atoms with Crippen LogP contribution in [0.3, 0.4) is 0 Å². The summed E-state index contributed by atoms with van der Waals surface area (Å²) in [6, 6.07) is 11.1. The summed E-state index contributed by atoms with van der Waals surface area (Å²) in [6.07, 6.45) is 12.7. The standard InChI is InChI=1S/C25H36N6/c1-29(2)23-11-9-21(10-12-23)8-7-16-30-19-14-22(20-30)27-25-26-15-13-24(28-25)31-17-5-3-4-6-18-31/h7-13,15,22H,3-6,14,16-20H2,1-2H3,(H,26,27,28)/b8-7+. The topological polar surface area (TPSA) is 47.5 Å². The number of aromatic nitrogens is 2. The van der Waals surface area contributed by atoms with E-state index in [9.17, 15) is 0 Å². The van der Waals surface area contributed by atoms with E-state index in [-0.39, 0.29) is 0 Å². The van der Waals surface area contributed by atoms with Crippen LogP contribution in [-0.4, -0.2) is 67.7 Å². The maximum Gasteiger partial charge on any atom is 0.224 e. The molecule has 4 rings (SSSR count). The normalized spacial score (nSPS) is 20.2. The van der Waals surface area contributed by atoms with Crippen molar-refractivity contribution in [3.63, 3.8) is 0 Å². The van der Waals surface area contributed by atoms with Gasteiger partial charge in [0, 0.05) is 64.7 Å². The SMILES string of the molecule is CN(C)c1ccc(/C=C/CN2CCC(Nc3nccc(N4CCCCCC4)n3)C2)cc1. The van der Waals surface area contributed by atoms with Crippen molar-refractivity contribution in [1.82, 2.24) is 14.9 Å². The van der Waals surface area contributed by atoms with E-state index in [4.69, 9.17) is 4.98 Å². The van der Waals surface area contributed by atoms with Gasteiger partial charge in [0.1, 0.15) is 5.82 Å². The van der Waals surface area contributed by atoms with Crippen molar-refractivity contribution >= 4 is 23.5 Å². The van der Waals surface area contributed by atoms with E-state index in [0.717, 1.165) is 50.9 Å². The van der Waals surface area contributed by atoms with Gasteiger partial charge < -0.3 is 15.1 Å². The second kappa shape index (κ2) is 10.6. The summed E-state index contributed by atoms with van der Waals surface area (Å²) in [4.78, 5) is 16.3. The van der Waals surface area contributed by atoms with Gasteiger partial charge in [-0.2, -0.15) is 4.98 Å². The van der Waals surface area contributed by atoms with Crippen LogP contribution in [0.15, 0.2) is 42.6 Å². The summed E-state index contributed by atoms with van der Waals surface area (Å²) < 4.78 is 0. The summed E-state index contributed by atoms with van der Waals surface area (Å²) in [5.41, 5.74) is 2.48. The molecule has 0 saturated carbocycles. The summed E-state index contributed by atoms with van der Waals surface area (Å²) in [5, 5.41) is 3.57. The molecule has 1 atom stereocenters. The van der Waals surface area contributed by atoms with Crippen molar-refractivity contribution in [2.75, 3.05) is 61.9 Å². The molecule has 0 amide bonds. The Bertz CT molecular complexity index is 839. The number of nitrogens with zero attached hydrogens (tertiary/aromatic N) is 5. The predicted octanol–water partition coefficient (Wildman–Crippen LogP) is 4.12. The van der Waals surface area contributed by atoms with Crippen LogP contribution in [-0.2, 0) is 0 Å². The number of hydrogen-bond acceptors (Lipinski definition) is 6. The minimum atomic E-state index is 0.409. The number of benzene rings is 1. The van der Waals surface area contributed by atoms with Gasteiger partial charge in [-0.1, -0.05) is 37.1 Å². The van der Waals surface area contributed by atoms with Crippen molar-refractivity contribution in [1.29, 1.82) is 0 Å². The van der Waals surface area contributed by atoms with Gasteiger partial charge in [-0.15, -0.1) is 0 Å². The molecule has 0 spiro atoms. The lowest BCUT2D eigenvalue weighted by Gasteiger charge is -2.22. The predicted molar refractivity (Wildman–Crippen MR) is 131 cm³/mol. The van der Waals surface area contributed by atoms with E-state index in [0.29, 0.717) is 6.04 Å². The van der Waals surface area contributed by atoms with Gasteiger partial charge in [-0.3, -0.25) is 4.90 Å². The molecule has 1 N–H and O–H groups in total. The fourth-order valence-corrected chi connectivity index (χ4v) is 4.41. The lowest BCUT2D eigenvalue weighted by atomic mass is 10.2. The van der Waals surface area contributed by atoms with Crippen LogP contribution in [0.1, 0.15) is 37.7 Å². The van der Waals surface area contributed by atoms with Gasteiger partial charge in [-0.05, 0) is 43.0 Å². The first kappa shape index (κ1) is 21.6. The van der Waals surface area contributed by atoms with Crippen molar-refractivity contribution in [3.05, 3.63) is 48.2 Å². The highest BCUT2D eigenvalue weighted by Crippen LogP contribution is 2.20. The molecule has 2 fully saturated rings. The number of rotatable bonds is 7. The quantitative estimate of drug-likeness (QED) is 0.727. The first-order valence-electron chi connectivity index (χ1n) is 11.7. The van der Waals surface area contributed by atoms with E-state index in [1.165, 1.54) is 36.9 Å². The van der Waals surface area contributed by atoms with Crippen molar-refractivity contribution < 1.29 is 0 Å². The third-order valence-corrected chi connectivity index (χ3v) is 6.26. The zero-order valence-corrected chi connectivity index (χ0v) is 19.0. The monoisotopic (exact) mass is 420 g/mol. The van der Waals surface area contributed by atoms with Gasteiger partial charge in [0.05, 0.1) is 0 Å². The molecule has 6 heteroatoms. The van der Waals surface area contributed by atoms with E-state index in [2.05, 4.69) is 75.5 Å². The van der Waals surface area contributed by atoms with Crippen LogP contribution in [0, 0.1) is 0 Å². The first-order valence-corrected chi connectivity index (χ1v) is 11.7. The zero-order chi connectivity index (χ0) is 21.5. The molecule has 1 aromatic heterocycles. The van der Waals surface area contributed by atoms with E-state index in [1.54, 1.807) is 0 Å². The summed E-state index contributed by atoms with van der Waals surface area (Å²) >= 11 is 0. The molecule has 2 aromatic rings. The maximum atomic E-state index is 4.82. The second-order valence-corrected chi connectivity index (χ2v) is 8.92.